The zero-order chi connectivity index (χ0) is 14.7. The van der Waals surface area contributed by atoms with Crippen LogP contribution in [0, 0.1) is 12.7 Å². The first-order chi connectivity index (χ1) is 9.51. The highest BCUT2D eigenvalue weighted by molar-refractivity contribution is 9.10. The zero-order valence-corrected chi connectivity index (χ0v) is 12.6. The van der Waals surface area contributed by atoms with E-state index in [9.17, 15) is 9.18 Å². The van der Waals surface area contributed by atoms with Crippen molar-refractivity contribution in [2.24, 2.45) is 0 Å². The molecule has 0 spiro atoms. The molecule has 0 heterocycles. The molecule has 1 N–H and O–H groups in total. The monoisotopic (exact) mass is 337 g/mol. The Bertz CT molecular complexity index is 658. The summed E-state index contributed by atoms with van der Waals surface area (Å²) in [5, 5.41) is 2.72. The van der Waals surface area contributed by atoms with Gasteiger partial charge in [-0.05, 0) is 58.7 Å². The van der Waals surface area contributed by atoms with Crippen LogP contribution in [0.4, 0.5) is 10.1 Å². The van der Waals surface area contributed by atoms with Crippen LogP contribution in [0.5, 0.6) is 5.75 Å². The Kier molecular flexibility index (Phi) is 4.39. The van der Waals surface area contributed by atoms with Crippen molar-refractivity contribution < 1.29 is 13.9 Å². The highest BCUT2D eigenvalue weighted by Gasteiger charge is 2.11. The van der Waals surface area contributed by atoms with Gasteiger partial charge in [-0.15, -0.1) is 0 Å². The first kappa shape index (κ1) is 14.5. The van der Waals surface area contributed by atoms with Crippen molar-refractivity contribution in [1.82, 2.24) is 0 Å². The third-order valence-electron chi connectivity index (χ3n) is 2.78. The summed E-state index contributed by atoms with van der Waals surface area (Å²) < 4.78 is 18.9. The van der Waals surface area contributed by atoms with Gasteiger partial charge in [0.25, 0.3) is 5.91 Å². The van der Waals surface area contributed by atoms with E-state index < -0.39 is 5.82 Å². The molecule has 2 rings (SSSR count). The highest BCUT2D eigenvalue weighted by Crippen LogP contribution is 2.26. The number of nitrogens with one attached hydrogen (secondary N) is 1. The van der Waals surface area contributed by atoms with Crippen molar-refractivity contribution in [3.05, 3.63) is 57.8 Å². The van der Waals surface area contributed by atoms with Gasteiger partial charge in [0.1, 0.15) is 11.6 Å². The summed E-state index contributed by atoms with van der Waals surface area (Å²) in [6.45, 7) is 1.91. The van der Waals surface area contributed by atoms with E-state index >= 15 is 0 Å². The van der Waals surface area contributed by atoms with Gasteiger partial charge in [-0.3, -0.25) is 4.79 Å². The summed E-state index contributed by atoms with van der Waals surface area (Å²) in [5.41, 5.74) is 1.79. The maximum Gasteiger partial charge on any atom is 0.255 e. The van der Waals surface area contributed by atoms with Crippen LogP contribution >= 0.6 is 15.9 Å². The molecule has 20 heavy (non-hydrogen) atoms. The van der Waals surface area contributed by atoms with Crippen LogP contribution in [-0.2, 0) is 0 Å². The van der Waals surface area contributed by atoms with Crippen molar-refractivity contribution >= 4 is 27.5 Å². The van der Waals surface area contributed by atoms with Crippen LogP contribution in [0.15, 0.2) is 40.9 Å². The number of carbonyl (C=O) groups excluding carboxylic acids is 1. The van der Waals surface area contributed by atoms with Crippen LogP contribution in [0.25, 0.3) is 0 Å². The molecule has 0 aromatic heterocycles. The molecule has 0 aliphatic heterocycles. The van der Waals surface area contributed by atoms with Crippen molar-refractivity contribution in [3.63, 3.8) is 0 Å². The summed E-state index contributed by atoms with van der Waals surface area (Å²) in [4.78, 5) is 12.1. The second kappa shape index (κ2) is 6.05. The lowest BCUT2D eigenvalue weighted by Crippen LogP contribution is -2.13. The predicted octanol–water partition coefficient (Wildman–Crippen LogP) is 4.16. The number of benzene rings is 2. The molecule has 104 valence electrons. The second-order valence-corrected chi connectivity index (χ2v) is 5.14. The van der Waals surface area contributed by atoms with E-state index in [1.807, 2.05) is 13.0 Å². The maximum atomic E-state index is 13.4. The number of ether oxygens (including phenoxy) is 1. The second-order valence-electron chi connectivity index (χ2n) is 4.29. The molecule has 0 fully saturated rings. The summed E-state index contributed by atoms with van der Waals surface area (Å²) in [6, 6.07) is 9.68. The van der Waals surface area contributed by atoms with E-state index in [1.165, 1.54) is 19.2 Å². The number of methoxy groups -OCH3 is 1. The number of anilines is 1. The minimum atomic E-state index is -0.478. The Balaban J connectivity index is 2.27. The number of hydrogen-bond donors (Lipinski definition) is 1. The molecular weight excluding hydrogens is 325 g/mol. The Morgan fingerprint density at radius 3 is 2.65 bits per heavy atom. The first-order valence-electron chi connectivity index (χ1n) is 5.92. The Morgan fingerprint density at radius 1 is 1.25 bits per heavy atom. The van der Waals surface area contributed by atoms with Crippen LogP contribution in [-0.4, -0.2) is 13.0 Å². The minimum absolute atomic E-state index is 0.245. The third kappa shape index (κ3) is 3.17. The molecule has 0 atom stereocenters. The number of amides is 1. The molecule has 0 saturated heterocycles. The standard InChI is InChI=1S/C15H13BrFNO2/c1-9-3-6-14(20-2)13(7-9)18-15(19)10-4-5-11(16)12(17)8-10/h3-8H,1-2H3,(H,18,19). The molecule has 0 aliphatic carbocycles. The SMILES string of the molecule is COc1ccc(C)cc1NC(=O)c1ccc(Br)c(F)c1. The molecule has 2 aromatic carbocycles. The van der Waals surface area contributed by atoms with Gasteiger partial charge >= 0.3 is 0 Å². The number of hydrogen-bond acceptors (Lipinski definition) is 2. The van der Waals surface area contributed by atoms with Crippen LogP contribution < -0.4 is 10.1 Å². The van der Waals surface area contributed by atoms with E-state index in [0.29, 0.717) is 15.9 Å². The molecular formula is C15H13BrFNO2. The maximum absolute atomic E-state index is 13.4. The molecule has 0 unspecified atom stereocenters. The quantitative estimate of drug-likeness (QED) is 0.913. The zero-order valence-electron chi connectivity index (χ0n) is 11.0. The molecule has 5 heteroatoms. The molecule has 0 radical (unpaired) electrons. The van der Waals surface area contributed by atoms with E-state index in [-0.39, 0.29) is 11.5 Å². The normalized spacial score (nSPS) is 10.2. The first-order valence-corrected chi connectivity index (χ1v) is 6.71. The van der Waals surface area contributed by atoms with Gasteiger partial charge in [-0.2, -0.15) is 0 Å². The van der Waals surface area contributed by atoms with Crippen LogP contribution in [0.2, 0.25) is 0 Å². The van der Waals surface area contributed by atoms with Crippen molar-refractivity contribution in [2.45, 2.75) is 6.92 Å². The van der Waals surface area contributed by atoms with Gasteiger partial charge in [0.15, 0.2) is 0 Å². The van der Waals surface area contributed by atoms with Gasteiger partial charge in [0.2, 0.25) is 0 Å². The van der Waals surface area contributed by atoms with Crippen molar-refractivity contribution in [1.29, 1.82) is 0 Å². The fourth-order valence-corrected chi connectivity index (χ4v) is 2.00. The Hall–Kier alpha value is -1.88. The lowest BCUT2D eigenvalue weighted by molar-refractivity contribution is 0.102. The summed E-state index contributed by atoms with van der Waals surface area (Å²) in [7, 11) is 1.53. The third-order valence-corrected chi connectivity index (χ3v) is 3.43. The van der Waals surface area contributed by atoms with Crippen LogP contribution in [0.1, 0.15) is 15.9 Å². The minimum Gasteiger partial charge on any atom is -0.495 e. The fraction of sp³-hybridized carbons (Fsp3) is 0.133. The van der Waals surface area contributed by atoms with Crippen molar-refractivity contribution in [3.8, 4) is 5.75 Å². The van der Waals surface area contributed by atoms with Crippen molar-refractivity contribution in [2.75, 3.05) is 12.4 Å². The van der Waals surface area contributed by atoms with Gasteiger partial charge in [0.05, 0.1) is 17.3 Å². The summed E-state index contributed by atoms with van der Waals surface area (Å²) in [6.07, 6.45) is 0. The van der Waals surface area contributed by atoms with Gasteiger partial charge < -0.3 is 10.1 Å². The average molecular weight is 338 g/mol. The Labute approximate surface area is 124 Å². The smallest absolute Gasteiger partial charge is 0.255 e. The van der Waals surface area contributed by atoms with Gasteiger partial charge in [-0.25, -0.2) is 4.39 Å². The number of halogens is 2. The number of aryl methyl sites for hydroxylation is 1. The lowest BCUT2D eigenvalue weighted by Gasteiger charge is -2.11. The van der Waals surface area contributed by atoms with E-state index in [0.717, 1.165) is 5.56 Å². The van der Waals surface area contributed by atoms with E-state index in [2.05, 4.69) is 21.2 Å². The molecule has 0 bridgehead atoms. The predicted molar refractivity (Wildman–Crippen MR) is 79.8 cm³/mol. The van der Waals surface area contributed by atoms with Gasteiger partial charge in [0, 0.05) is 5.56 Å². The van der Waals surface area contributed by atoms with Crippen LogP contribution in [0.3, 0.4) is 0 Å². The fourth-order valence-electron chi connectivity index (χ4n) is 1.75. The lowest BCUT2D eigenvalue weighted by atomic mass is 10.1. The molecule has 1 amide bonds. The Morgan fingerprint density at radius 2 is 2.00 bits per heavy atom. The molecule has 2 aromatic rings. The summed E-state index contributed by atoms with van der Waals surface area (Å²) >= 11 is 3.05. The molecule has 0 saturated carbocycles. The summed E-state index contributed by atoms with van der Waals surface area (Å²) in [5.74, 6) is -0.310. The van der Waals surface area contributed by atoms with E-state index in [1.54, 1.807) is 18.2 Å². The van der Waals surface area contributed by atoms with E-state index in [4.69, 9.17) is 4.74 Å². The molecule has 0 aliphatic rings. The number of carbonyl (C=O) groups is 1. The topological polar surface area (TPSA) is 38.3 Å². The average Bonchev–Trinajstić information content (AvgIpc) is 2.42. The number of rotatable bonds is 3. The van der Waals surface area contributed by atoms with Gasteiger partial charge in [-0.1, -0.05) is 6.07 Å². The molecule has 3 nitrogen and oxygen atoms in total. The largest absolute Gasteiger partial charge is 0.495 e. The highest BCUT2D eigenvalue weighted by atomic mass is 79.9.